The van der Waals surface area contributed by atoms with Crippen LogP contribution < -0.4 is 9.47 Å². The molecule has 2 amide bonds. The molecular formula is C40H44F4N2O4. The van der Waals surface area contributed by atoms with Crippen LogP contribution in [0.2, 0.25) is 0 Å². The number of nitrogens with zero attached hydrogens (tertiary/aromatic N) is 2. The summed E-state index contributed by atoms with van der Waals surface area (Å²) in [5, 5.41) is 0. The molecule has 2 saturated heterocycles. The molecule has 4 unspecified atom stereocenters. The Labute approximate surface area is 290 Å². The van der Waals surface area contributed by atoms with E-state index in [1.54, 1.807) is 0 Å². The highest BCUT2D eigenvalue weighted by molar-refractivity contribution is 5.95. The highest BCUT2D eigenvalue weighted by atomic mass is 19.2. The second-order valence-electron chi connectivity index (χ2n) is 17.5. The van der Waals surface area contributed by atoms with Crippen molar-refractivity contribution in [2.75, 3.05) is 13.1 Å². The minimum Gasteiger partial charge on any atom is -0.451 e. The Balaban J connectivity index is 1.03. The monoisotopic (exact) mass is 692 g/mol. The fourth-order valence-corrected chi connectivity index (χ4v) is 10.1. The quantitative estimate of drug-likeness (QED) is 0.191. The molecule has 4 fully saturated rings. The number of benzene rings is 3. The first-order valence-corrected chi connectivity index (χ1v) is 17.4. The number of halogens is 4. The van der Waals surface area contributed by atoms with Gasteiger partial charge in [0.1, 0.15) is 11.5 Å². The Morgan fingerprint density at radius 1 is 0.560 bits per heavy atom. The Hall–Kier alpha value is -4.08. The van der Waals surface area contributed by atoms with E-state index in [0.717, 1.165) is 38.5 Å². The van der Waals surface area contributed by atoms with E-state index in [4.69, 9.17) is 9.47 Å². The van der Waals surface area contributed by atoms with Crippen LogP contribution in [-0.4, -0.2) is 46.8 Å². The number of hydrogen-bond donors (Lipinski definition) is 0. The van der Waals surface area contributed by atoms with Gasteiger partial charge in [-0.1, -0.05) is 41.5 Å². The molecule has 7 rings (SSSR count). The van der Waals surface area contributed by atoms with Crippen molar-refractivity contribution in [2.24, 2.45) is 21.7 Å². The van der Waals surface area contributed by atoms with Crippen molar-refractivity contribution in [2.45, 2.75) is 92.2 Å². The van der Waals surface area contributed by atoms with Crippen LogP contribution in [0, 0.1) is 44.9 Å². The van der Waals surface area contributed by atoms with E-state index in [1.807, 2.05) is 9.80 Å². The average molecular weight is 693 g/mol. The standard InChI is InChI=1S/C40H44F4N2O4/c1-37(2)15-25-17-39(5,19-37)21-45(25)35(47)23-7-11-27(12-8-23)49-33-29(41)31(43)34(32(44)30(33)42)50-28-13-9-24(10-14-28)36(48)46-22-40(6)18-26(46)16-38(3,4)20-40/h7-14,25-26H,15-22H2,1-6H3. The van der Waals surface area contributed by atoms with Crippen LogP contribution in [-0.2, 0) is 0 Å². The Morgan fingerprint density at radius 3 is 1.20 bits per heavy atom. The number of rotatable bonds is 6. The summed E-state index contributed by atoms with van der Waals surface area (Å²) in [4.78, 5) is 30.6. The molecule has 3 aromatic rings. The molecule has 2 heterocycles. The van der Waals surface area contributed by atoms with Gasteiger partial charge in [0.05, 0.1) is 0 Å². The van der Waals surface area contributed by atoms with Crippen molar-refractivity contribution in [1.82, 2.24) is 9.80 Å². The normalized spacial score (nSPS) is 27.7. The summed E-state index contributed by atoms with van der Waals surface area (Å²) in [5.74, 6) is -10.2. The third-order valence-corrected chi connectivity index (χ3v) is 11.2. The summed E-state index contributed by atoms with van der Waals surface area (Å²) in [6.45, 7) is 14.6. The van der Waals surface area contributed by atoms with Crippen molar-refractivity contribution in [3.8, 4) is 23.0 Å². The van der Waals surface area contributed by atoms with E-state index < -0.39 is 34.8 Å². The van der Waals surface area contributed by atoms with Crippen molar-refractivity contribution in [3.63, 3.8) is 0 Å². The van der Waals surface area contributed by atoms with Crippen molar-refractivity contribution in [1.29, 1.82) is 0 Å². The molecule has 0 radical (unpaired) electrons. The lowest BCUT2D eigenvalue weighted by molar-refractivity contribution is 0.0699. The van der Waals surface area contributed by atoms with Gasteiger partial charge in [0.15, 0.2) is 0 Å². The van der Waals surface area contributed by atoms with Gasteiger partial charge < -0.3 is 19.3 Å². The number of fused-ring (bicyclic) bond motifs is 4. The molecule has 50 heavy (non-hydrogen) atoms. The van der Waals surface area contributed by atoms with Crippen LogP contribution in [0.1, 0.15) is 101 Å². The molecule has 0 aromatic heterocycles. The molecule has 2 aliphatic heterocycles. The van der Waals surface area contributed by atoms with Crippen LogP contribution in [0.3, 0.4) is 0 Å². The minimum absolute atomic E-state index is 0.0515. The maximum atomic E-state index is 15.2. The third kappa shape index (κ3) is 6.23. The van der Waals surface area contributed by atoms with Crippen LogP contribution in [0.5, 0.6) is 23.0 Å². The molecule has 0 N–H and O–H groups in total. The summed E-state index contributed by atoms with van der Waals surface area (Å²) in [7, 11) is 0. The van der Waals surface area contributed by atoms with Gasteiger partial charge in [-0.3, -0.25) is 9.59 Å². The fraction of sp³-hybridized carbons (Fsp3) is 0.500. The first-order valence-electron chi connectivity index (χ1n) is 17.4. The zero-order valence-corrected chi connectivity index (χ0v) is 29.5. The number of ether oxygens (including phenoxy) is 2. The van der Waals surface area contributed by atoms with Gasteiger partial charge >= 0.3 is 0 Å². The van der Waals surface area contributed by atoms with Gasteiger partial charge in [0.25, 0.3) is 11.8 Å². The number of carbonyl (C=O) groups is 2. The smallest absolute Gasteiger partial charge is 0.254 e. The predicted octanol–water partition coefficient (Wildman–Crippen LogP) is 9.91. The van der Waals surface area contributed by atoms with E-state index in [1.165, 1.54) is 48.5 Å². The van der Waals surface area contributed by atoms with Crippen molar-refractivity contribution >= 4 is 11.8 Å². The first kappa shape index (κ1) is 34.4. The zero-order chi connectivity index (χ0) is 36.0. The van der Waals surface area contributed by atoms with E-state index in [9.17, 15) is 9.59 Å². The molecule has 266 valence electrons. The Morgan fingerprint density at radius 2 is 0.880 bits per heavy atom. The lowest BCUT2D eigenvalue weighted by atomic mass is 9.65. The number of amides is 2. The molecule has 0 spiro atoms. The maximum absolute atomic E-state index is 15.2. The van der Waals surface area contributed by atoms with Gasteiger partial charge in [-0.05, 0) is 109 Å². The first-order chi connectivity index (χ1) is 23.3. The molecule has 2 aliphatic carbocycles. The molecule has 4 aliphatic rings. The van der Waals surface area contributed by atoms with E-state index in [-0.39, 0.29) is 57.1 Å². The summed E-state index contributed by atoms with van der Waals surface area (Å²) < 4.78 is 71.2. The van der Waals surface area contributed by atoms with Crippen molar-refractivity contribution in [3.05, 3.63) is 82.9 Å². The molecule has 4 bridgehead atoms. The lowest BCUT2D eigenvalue weighted by Gasteiger charge is -2.39. The average Bonchev–Trinajstić information content (AvgIpc) is 3.45. The van der Waals surface area contributed by atoms with Gasteiger partial charge in [-0.15, -0.1) is 0 Å². The van der Waals surface area contributed by atoms with Crippen LogP contribution in [0.15, 0.2) is 48.5 Å². The zero-order valence-electron chi connectivity index (χ0n) is 29.5. The molecule has 2 saturated carbocycles. The molecular weight excluding hydrogens is 648 g/mol. The number of hydrogen-bond acceptors (Lipinski definition) is 4. The Bertz CT molecular complexity index is 1700. The molecule has 10 heteroatoms. The summed E-state index contributed by atoms with van der Waals surface area (Å²) >= 11 is 0. The minimum atomic E-state index is -1.78. The summed E-state index contributed by atoms with van der Waals surface area (Å²) in [5.41, 5.74) is 1.13. The highest BCUT2D eigenvalue weighted by Crippen LogP contribution is 2.54. The fourth-order valence-electron chi connectivity index (χ4n) is 10.1. The topological polar surface area (TPSA) is 59.1 Å². The largest absolute Gasteiger partial charge is 0.451 e. The van der Waals surface area contributed by atoms with Gasteiger partial charge in [-0.25, -0.2) is 0 Å². The number of carbonyl (C=O) groups excluding carboxylic acids is 2. The van der Waals surface area contributed by atoms with Gasteiger partial charge in [-0.2, -0.15) is 17.6 Å². The molecule has 3 aromatic carbocycles. The second-order valence-corrected chi connectivity index (χ2v) is 17.5. The van der Waals surface area contributed by atoms with Crippen LogP contribution in [0.25, 0.3) is 0 Å². The van der Waals surface area contributed by atoms with Gasteiger partial charge in [0.2, 0.25) is 34.8 Å². The summed E-state index contributed by atoms with van der Waals surface area (Å²) in [6.07, 6.45) is 5.78. The molecule has 4 atom stereocenters. The second kappa shape index (κ2) is 11.7. The highest BCUT2D eigenvalue weighted by Gasteiger charge is 2.52. The maximum Gasteiger partial charge on any atom is 0.254 e. The van der Waals surface area contributed by atoms with Crippen LogP contribution in [0.4, 0.5) is 17.6 Å². The third-order valence-electron chi connectivity index (χ3n) is 11.2. The van der Waals surface area contributed by atoms with E-state index >= 15 is 17.6 Å². The van der Waals surface area contributed by atoms with E-state index in [0.29, 0.717) is 24.2 Å². The Kier molecular flexibility index (Phi) is 8.07. The van der Waals surface area contributed by atoms with E-state index in [2.05, 4.69) is 41.5 Å². The van der Waals surface area contributed by atoms with Crippen molar-refractivity contribution < 1.29 is 36.6 Å². The molecule has 6 nitrogen and oxygen atoms in total. The predicted molar refractivity (Wildman–Crippen MR) is 180 cm³/mol. The lowest BCUT2D eigenvalue weighted by Crippen LogP contribution is -2.37. The van der Waals surface area contributed by atoms with Crippen LogP contribution >= 0.6 is 0 Å². The van der Waals surface area contributed by atoms with Gasteiger partial charge in [0, 0.05) is 36.3 Å². The number of likely N-dealkylation sites (tertiary alicyclic amines) is 2. The summed E-state index contributed by atoms with van der Waals surface area (Å²) in [6, 6.07) is 11.5. The SMILES string of the molecule is CC1(C)CC2CC(C)(CN2C(=O)c2ccc(Oc3c(F)c(F)c(Oc4ccc(C(=O)N5CC6(C)CC5CC(C)(C)C6)cc4)c(F)c3F)cc2)C1.